The molecule has 2 rings (SSSR count). The summed E-state index contributed by atoms with van der Waals surface area (Å²) in [6.07, 6.45) is 3.44. The normalized spacial score (nSPS) is 20.5. The highest BCUT2D eigenvalue weighted by Crippen LogP contribution is 2.35. The van der Waals surface area contributed by atoms with Crippen LogP contribution in [0.15, 0.2) is 6.07 Å². The van der Waals surface area contributed by atoms with E-state index in [4.69, 9.17) is 4.74 Å². The average molecular weight is 353 g/mol. The van der Waals surface area contributed by atoms with E-state index < -0.39 is 18.5 Å². The number of hydrogen-bond acceptors (Lipinski definition) is 5. The maximum Gasteiger partial charge on any atom is 0.350 e. The number of thiophene rings is 1. The lowest BCUT2D eigenvalue weighted by Gasteiger charge is -2.30. The second-order valence-corrected chi connectivity index (χ2v) is 7.59. The van der Waals surface area contributed by atoms with Crippen LogP contribution in [0, 0.1) is 18.8 Å². The highest BCUT2D eigenvalue weighted by Gasteiger charge is 2.33. The van der Waals surface area contributed by atoms with Crippen LogP contribution in [0.1, 0.15) is 47.2 Å². The van der Waals surface area contributed by atoms with Crippen LogP contribution < -0.4 is 4.90 Å². The molecule has 1 fully saturated rings. The smallest absolute Gasteiger partial charge is 0.350 e. The number of anilines is 1. The van der Waals surface area contributed by atoms with Crippen LogP contribution in [0.25, 0.3) is 0 Å². The molecule has 1 N–H and O–H groups in total. The maximum atomic E-state index is 12.9. The highest BCUT2D eigenvalue weighted by atomic mass is 32.1. The van der Waals surface area contributed by atoms with Gasteiger partial charge in [-0.25, -0.2) is 4.79 Å². The van der Waals surface area contributed by atoms with E-state index in [1.54, 1.807) is 6.07 Å². The first-order chi connectivity index (χ1) is 11.3. The maximum absolute atomic E-state index is 12.9. The molecule has 1 saturated carbocycles. The number of amides is 1. The Balaban J connectivity index is 2.33. The Bertz CT molecular complexity index is 631. The van der Waals surface area contributed by atoms with Crippen molar-refractivity contribution in [2.24, 2.45) is 11.8 Å². The number of carbonyl (C=O) groups is 3. The zero-order chi connectivity index (χ0) is 17.9. The first kappa shape index (κ1) is 18.4. The highest BCUT2D eigenvalue weighted by molar-refractivity contribution is 7.14. The molecule has 1 aromatic heterocycles. The van der Waals surface area contributed by atoms with Gasteiger partial charge < -0.3 is 9.84 Å². The third-order valence-corrected chi connectivity index (χ3v) is 5.44. The molecule has 0 aromatic carbocycles. The average Bonchev–Trinajstić information content (AvgIpc) is 2.93. The number of carboxylic acid groups (broad SMARTS) is 1. The topological polar surface area (TPSA) is 83.9 Å². The van der Waals surface area contributed by atoms with E-state index in [2.05, 4.69) is 6.92 Å². The quantitative estimate of drug-likeness (QED) is 0.822. The lowest BCUT2D eigenvalue weighted by atomic mass is 9.82. The molecule has 0 spiro atoms. The van der Waals surface area contributed by atoms with E-state index in [1.807, 2.05) is 6.92 Å². The lowest BCUT2D eigenvalue weighted by Crippen LogP contribution is -2.41. The van der Waals surface area contributed by atoms with Gasteiger partial charge in [0.15, 0.2) is 0 Å². The van der Waals surface area contributed by atoms with Crippen LogP contribution in [-0.2, 0) is 14.3 Å². The fourth-order valence-corrected chi connectivity index (χ4v) is 4.02. The molecular weight excluding hydrogens is 330 g/mol. The number of aryl methyl sites for hydroxylation is 1. The van der Waals surface area contributed by atoms with Crippen LogP contribution in [0.2, 0.25) is 0 Å². The zero-order valence-electron chi connectivity index (χ0n) is 14.2. The monoisotopic (exact) mass is 353 g/mol. The molecule has 1 aromatic rings. The molecule has 6 nitrogen and oxygen atoms in total. The van der Waals surface area contributed by atoms with Gasteiger partial charge in [-0.1, -0.05) is 6.92 Å². The number of carbonyl (C=O) groups excluding carboxylic acids is 2. The molecular formula is C17H23NO5S. The van der Waals surface area contributed by atoms with Crippen molar-refractivity contribution >= 4 is 34.9 Å². The van der Waals surface area contributed by atoms with Gasteiger partial charge in [-0.3, -0.25) is 14.5 Å². The molecule has 7 heteroatoms. The van der Waals surface area contributed by atoms with Gasteiger partial charge in [-0.2, -0.15) is 0 Å². The van der Waals surface area contributed by atoms with Gasteiger partial charge >= 0.3 is 11.9 Å². The fourth-order valence-electron chi connectivity index (χ4n) is 3.08. The van der Waals surface area contributed by atoms with Gasteiger partial charge in [0, 0.05) is 10.8 Å². The van der Waals surface area contributed by atoms with Crippen molar-refractivity contribution in [2.45, 2.75) is 39.5 Å². The minimum atomic E-state index is -1.10. The van der Waals surface area contributed by atoms with Gasteiger partial charge in [0.1, 0.15) is 11.4 Å². The minimum absolute atomic E-state index is 0.189. The Kier molecular flexibility index (Phi) is 5.99. The number of ether oxygens (including phenoxy) is 1. The second-order valence-electron chi connectivity index (χ2n) is 6.34. The van der Waals surface area contributed by atoms with E-state index in [0.29, 0.717) is 11.6 Å². The Morgan fingerprint density at radius 1 is 1.29 bits per heavy atom. The Labute approximate surface area is 145 Å². The summed E-state index contributed by atoms with van der Waals surface area (Å²) in [6, 6.07) is 1.68. The molecule has 0 atom stereocenters. The minimum Gasteiger partial charge on any atom is -0.480 e. The summed E-state index contributed by atoms with van der Waals surface area (Å²) < 4.78 is 4.77. The summed E-state index contributed by atoms with van der Waals surface area (Å²) in [4.78, 5) is 38.5. The summed E-state index contributed by atoms with van der Waals surface area (Å²) in [5.41, 5.74) is 0.343. The van der Waals surface area contributed by atoms with Crippen LogP contribution in [0.5, 0.6) is 0 Å². The molecule has 0 radical (unpaired) electrons. The molecule has 0 unspecified atom stereocenters. The van der Waals surface area contributed by atoms with Crippen molar-refractivity contribution in [3.8, 4) is 0 Å². The Morgan fingerprint density at radius 2 is 1.92 bits per heavy atom. The van der Waals surface area contributed by atoms with Crippen molar-refractivity contribution in [3.05, 3.63) is 15.8 Å². The molecule has 1 amide bonds. The number of carboxylic acids is 1. The second kappa shape index (κ2) is 7.79. The summed E-state index contributed by atoms with van der Waals surface area (Å²) in [7, 11) is 1.27. The largest absolute Gasteiger partial charge is 0.480 e. The summed E-state index contributed by atoms with van der Waals surface area (Å²) >= 11 is 1.21. The van der Waals surface area contributed by atoms with Crippen LogP contribution >= 0.6 is 11.3 Å². The van der Waals surface area contributed by atoms with Gasteiger partial charge in [0.05, 0.1) is 12.8 Å². The molecule has 0 bridgehead atoms. The van der Waals surface area contributed by atoms with E-state index >= 15 is 0 Å². The number of methoxy groups -OCH3 is 1. The van der Waals surface area contributed by atoms with Crippen molar-refractivity contribution in [1.82, 2.24) is 0 Å². The predicted octanol–water partition coefficient (Wildman–Crippen LogP) is 3.09. The van der Waals surface area contributed by atoms with Gasteiger partial charge in [-0.05, 0) is 44.6 Å². The molecule has 0 saturated heterocycles. The SMILES string of the molecule is COC(=O)c1sc(C)cc1N(CC(=O)O)C(=O)C1CCC(C)CC1. The summed E-state index contributed by atoms with van der Waals surface area (Å²) in [6.45, 7) is 3.52. The lowest BCUT2D eigenvalue weighted by molar-refractivity contribution is -0.137. The molecule has 24 heavy (non-hydrogen) atoms. The first-order valence-electron chi connectivity index (χ1n) is 8.05. The summed E-state index contributed by atoms with van der Waals surface area (Å²) in [5, 5.41) is 9.22. The van der Waals surface area contributed by atoms with Crippen molar-refractivity contribution in [3.63, 3.8) is 0 Å². The number of esters is 1. The third-order valence-electron chi connectivity index (χ3n) is 4.42. The van der Waals surface area contributed by atoms with Crippen molar-refractivity contribution in [2.75, 3.05) is 18.6 Å². The van der Waals surface area contributed by atoms with Crippen LogP contribution in [0.4, 0.5) is 5.69 Å². The molecule has 132 valence electrons. The molecule has 1 aliphatic rings. The number of nitrogens with zero attached hydrogens (tertiary/aromatic N) is 1. The van der Waals surface area contributed by atoms with E-state index in [0.717, 1.165) is 30.6 Å². The van der Waals surface area contributed by atoms with E-state index in [-0.39, 0.29) is 16.7 Å². The van der Waals surface area contributed by atoms with Crippen molar-refractivity contribution < 1.29 is 24.2 Å². The van der Waals surface area contributed by atoms with Gasteiger partial charge in [0.25, 0.3) is 0 Å². The Hall–Kier alpha value is -1.89. The van der Waals surface area contributed by atoms with E-state index in [1.165, 1.54) is 23.3 Å². The van der Waals surface area contributed by atoms with E-state index in [9.17, 15) is 19.5 Å². The fraction of sp³-hybridized carbons (Fsp3) is 0.588. The Morgan fingerprint density at radius 3 is 2.46 bits per heavy atom. The number of aliphatic carboxylic acids is 1. The molecule has 0 aliphatic heterocycles. The standard InChI is InChI=1S/C17H23NO5S/c1-10-4-6-12(7-5-10)16(21)18(9-14(19)20)13-8-11(2)24-15(13)17(22)23-3/h8,10,12H,4-7,9H2,1-3H3,(H,19,20). The summed E-state index contributed by atoms with van der Waals surface area (Å²) in [5.74, 6) is -1.47. The van der Waals surface area contributed by atoms with Gasteiger partial charge in [-0.15, -0.1) is 11.3 Å². The molecule has 1 heterocycles. The first-order valence-corrected chi connectivity index (χ1v) is 8.87. The van der Waals surface area contributed by atoms with Gasteiger partial charge in [0.2, 0.25) is 5.91 Å². The van der Waals surface area contributed by atoms with Crippen LogP contribution in [0.3, 0.4) is 0 Å². The predicted molar refractivity (Wildman–Crippen MR) is 91.5 cm³/mol. The van der Waals surface area contributed by atoms with Crippen molar-refractivity contribution in [1.29, 1.82) is 0 Å². The number of hydrogen-bond donors (Lipinski definition) is 1. The zero-order valence-corrected chi connectivity index (χ0v) is 15.0. The number of rotatable bonds is 5. The molecule has 1 aliphatic carbocycles. The van der Waals surface area contributed by atoms with Crippen LogP contribution in [-0.4, -0.2) is 36.6 Å². The third kappa shape index (κ3) is 4.14.